The number of β-amino-alcohol motifs (C(OH)–C–C–N with tert-alkyl or cyclic N) is 1. The number of rotatable bonds is 3. The first-order valence-corrected chi connectivity index (χ1v) is 7.86. The van der Waals surface area contributed by atoms with Gasteiger partial charge in [-0.3, -0.25) is 0 Å². The van der Waals surface area contributed by atoms with Gasteiger partial charge in [0.15, 0.2) is 11.4 Å². The number of hydrogen-bond acceptors (Lipinski definition) is 5. The van der Waals surface area contributed by atoms with Gasteiger partial charge in [0.25, 0.3) is 5.89 Å². The summed E-state index contributed by atoms with van der Waals surface area (Å²) in [6, 6.07) is 0. The number of nitrogens with one attached hydrogen (secondary N) is 1. The molecule has 2 heterocycles. The maximum Gasteiger partial charge on any atom is 0.259 e. The van der Waals surface area contributed by atoms with E-state index in [1.54, 1.807) is 0 Å². The van der Waals surface area contributed by atoms with Crippen LogP contribution in [0.5, 0.6) is 0 Å². The fourth-order valence-corrected chi connectivity index (χ4v) is 3.50. The van der Waals surface area contributed by atoms with E-state index in [0.717, 1.165) is 37.0 Å². The van der Waals surface area contributed by atoms with Gasteiger partial charge in [-0.1, -0.05) is 19.0 Å². The van der Waals surface area contributed by atoms with Crippen molar-refractivity contribution >= 4 is 0 Å². The van der Waals surface area contributed by atoms with Crippen molar-refractivity contribution < 1.29 is 9.63 Å². The molecule has 1 atom stereocenters. The van der Waals surface area contributed by atoms with Crippen LogP contribution in [0.4, 0.5) is 0 Å². The lowest BCUT2D eigenvalue weighted by Gasteiger charge is -2.29. The summed E-state index contributed by atoms with van der Waals surface area (Å²) in [7, 11) is 0. The van der Waals surface area contributed by atoms with Crippen LogP contribution in [0, 0.1) is 11.8 Å². The van der Waals surface area contributed by atoms with Gasteiger partial charge >= 0.3 is 0 Å². The Morgan fingerprint density at radius 3 is 2.65 bits per heavy atom. The van der Waals surface area contributed by atoms with Gasteiger partial charge < -0.3 is 14.9 Å². The van der Waals surface area contributed by atoms with Crippen molar-refractivity contribution in [1.29, 1.82) is 0 Å². The third-order valence-electron chi connectivity index (χ3n) is 5.05. The van der Waals surface area contributed by atoms with Crippen LogP contribution in [0.3, 0.4) is 0 Å². The maximum absolute atomic E-state index is 10.4. The minimum Gasteiger partial charge on any atom is -0.379 e. The topological polar surface area (TPSA) is 71.2 Å². The number of aromatic nitrogens is 2. The summed E-state index contributed by atoms with van der Waals surface area (Å²) in [5, 5.41) is 17.7. The van der Waals surface area contributed by atoms with Crippen LogP contribution in [-0.2, 0) is 5.60 Å². The van der Waals surface area contributed by atoms with E-state index in [9.17, 15) is 5.11 Å². The molecule has 112 valence electrons. The second-order valence-corrected chi connectivity index (χ2v) is 6.77. The number of aliphatic hydroxyl groups is 1. The average molecular weight is 279 g/mol. The predicted molar refractivity (Wildman–Crippen MR) is 75.2 cm³/mol. The molecule has 1 saturated carbocycles. The van der Waals surface area contributed by atoms with Crippen molar-refractivity contribution in [2.45, 2.75) is 57.5 Å². The first-order valence-electron chi connectivity index (χ1n) is 7.86. The highest BCUT2D eigenvalue weighted by atomic mass is 16.5. The van der Waals surface area contributed by atoms with Gasteiger partial charge in [-0.25, -0.2) is 0 Å². The second kappa shape index (κ2) is 5.45. The van der Waals surface area contributed by atoms with Crippen LogP contribution >= 0.6 is 0 Å². The van der Waals surface area contributed by atoms with Gasteiger partial charge in [-0.15, -0.1) is 0 Å². The van der Waals surface area contributed by atoms with Crippen LogP contribution in [0.2, 0.25) is 0 Å². The molecule has 5 heteroatoms. The summed E-state index contributed by atoms with van der Waals surface area (Å²) < 4.78 is 5.33. The summed E-state index contributed by atoms with van der Waals surface area (Å²) in [6.07, 6.45) is 5.42. The SMILES string of the molecule is CC(C)C1CCC(c2noc(C3(O)CCNC3)n2)CC1. The van der Waals surface area contributed by atoms with Gasteiger partial charge in [0.1, 0.15) is 0 Å². The molecule has 0 bridgehead atoms. The third-order valence-corrected chi connectivity index (χ3v) is 5.05. The Hall–Kier alpha value is -0.940. The van der Waals surface area contributed by atoms with Crippen LogP contribution < -0.4 is 5.32 Å². The number of nitrogens with zero attached hydrogens (tertiary/aromatic N) is 2. The molecule has 2 N–H and O–H groups in total. The molecule has 1 unspecified atom stereocenters. The Labute approximate surface area is 120 Å². The Kier molecular flexibility index (Phi) is 3.82. The van der Waals surface area contributed by atoms with Gasteiger partial charge in [-0.2, -0.15) is 4.98 Å². The minimum atomic E-state index is -0.958. The van der Waals surface area contributed by atoms with E-state index in [1.807, 2.05) is 0 Å². The van der Waals surface area contributed by atoms with Crippen LogP contribution in [-0.4, -0.2) is 28.3 Å². The second-order valence-electron chi connectivity index (χ2n) is 6.77. The molecule has 1 aromatic heterocycles. The van der Waals surface area contributed by atoms with Crippen molar-refractivity contribution in [3.8, 4) is 0 Å². The zero-order valence-electron chi connectivity index (χ0n) is 12.4. The third kappa shape index (κ3) is 2.61. The summed E-state index contributed by atoms with van der Waals surface area (Å²) >= 11 is 0. The summed E-state index contributed by atoms with van der Waals surface area (Å²) in [5.74, 6) is 3.19. The molecule has 1 saturated heterocycles. The molecule has 2 aliphatic rings. The van der Waals surface area contributed by atoms with Crippen molar-refractivity contribution in [3.63, 3.8) is 0 Å². The normalized spacial score (nSPS) is 34.8. The van der Waals surface area contributed by atoms with E-state index < -0.39 is 5.60 Å². The monoisotopic (exact) mass is 279 g/mol. The fourth-order valence-electron chi connectivity index (χ4n) is 3.50. The van der Waals surface area contributed by atoms with Crippen molar-refractivity contribution in [2.24, 2.45) is 11.8 Å². The lowest BCUT2D eigenvalue weighted by molar-refractivity contribution is 0.0243. The van der Waals surface area contributed by atoms with Crippen LogP contribution in [0.1, 0.15) is 63.6 Å². The van der Waals surface area contributed by atoms with E-state index in [1.165, 1.54) is 12.8 Å². The lowest BCUT2D eigenvalue weighted by atomic mass is 9.77. The molecule has 2 fully saturated rings. The molecule has 5 nitrogen and oxygen atoms in total. The highest BCUT2D eigenvalue weighted by molar-refractivity contribution is 5.06. The van der Waals surface area contributed by atoms with Crippen molar-refractivity contribution in [2.75, 3.05) is 13.1 Å². The Morgan fingerprint density at radius 2 is 2.05 bits per heavy atom. The molecule has 0 radical (unpaired) electrons. The van der Waals surface area contributed by atoms with E-state index in [0.29, 0.717) is 24.8 Å². The molecular formula is C15H25N3O2. The van der Waals surface area contributed by atoms with Gasteiger partial charge in [0, 0.05) is 12.5 Å². The van der Waals surface area contributed by atoms with Crippen LogP contribution in [0.25, 0.3) is 0 Å². The van der Waals surface area contributed by atoms with Crippen LogP contribution in [0.15, 0.2) is 4.52 Å². The first-order chi connectivity index (χ1) is 9.58. The summed E-state index contributed by atoms with van der Waals surface area (Å²) in [6.45, 7) is 5.92. The zero-order chi connectivity index (χ0) is 14.2. The molecule has 1 aromatic rings. The van der Waals surface area contributed by atoms with Gasteiger partial charge in [0.05, 0.1) is 0 Å². The van der Waals surface area contributed by atoms with E-state index in [2.05, 4.69) is 29.3 Å². The highest BCUT2D eigenvalue weighted by Crippen LogP contribution is 2.38. The Bertz CT molecular complexity index is 444. The highest BCUT2D eigenvalue weighted by Gasteiger charge is 2.39. The standard InChI is InChI=1S/C15H25N3O2/c1-10(2)11-3-5-12(6-4-11)13-17-14(20-18-13)15(19)7-8-16-9-15/h10-12,16,19H,3-9H2,1-2H3. The Balaban J connectivity index is 1.66. The fraction of sp³-hybridized carbons (Fsp3) is 0.867. The van der Waals surface area contributed by atoms with E-state index >= 15 is 0 Å². The molecule has 0 spiro atoms. The Morgan fingerprint density at radius 1 is 1.30 bits per heavy atom. The van der Waals surface area contributed by atoms with Gasteiger partial charge in [-0.05, 0) is 50.5 Å². The van der Waals surface area contributed by atoms with Gasteiger partial charge in [0.2, 0.25) is 0 Å². The lowest BCUT2D eigenvalue weighted by Crippen LogP contribution is -2.28. The summed E-state index contributed by atoms with van der Waals surface area (Å²) in [5.41, 5.74) is -0.958. The van der Waals surface area contributed by atoms with E-state index in [-0.39, 0.29) is 0 Å². The molecular weight excluding hydrogens is 254 g/mol. The molecule has 1 aliphatic heterocycles. The summed E-state index contributed by atoms with van der Waals surface area (Å²) in [4.78, 5) is 4.49. The number of hydrogen-bond donors (Lipinski definition) is 2. The van der Waals surface area contributed by atoms with Crippen molar-refractivity contribution in [3.05, 3.63) is 11.7 Å². The molecule has 0 amide bonds. The minimum absolute atomic E-state index is 0.392. The average Bonchev–Trinajstić information content (AvgIpc) is 3.08. The van der Waals surface area contributed by atoms with Crippen molar-refractivity contribution in [1.82, 2.24) is 15.5 Å². The quantitative estimate of drug-likeness (QED) is 0.887. The zero-order valence-corrected chi connectivity index (χ0v) is 12.4. The first kappa shape index (κ1) is 14.0. The molecule has 20 heavy (non-hydrogen) atoms. The maximum atomic E-state index is 10.4. The molecule has 1 aliphatic carbocycles. The van der Waals surface area contributed by atoms with E-state index in [4.69, 9.17) is 4.52 Å². The largest absolute Gasteiger partial charge is 0.379 e. The molecule has 0 aromatic carbocycles. The smallest absolute Gasteiger partial charge is 0.259 e. The predicted octanol–water partition coefficient (Wildman–Crippen LogP) is 2.18. The molecule has 3 rings (SSSR count).